The van der Waals surface area contributed by atoms with Crippen molar-refractivity contribution in [2.24, 2.45) is 0 Å². The van der Waals surface area contributed by atoms with Crippen molar-refractivity contribution >= 4 is 33.1 Å². The third kappa shape index (κ3) is 4.69. The van der Waals surface area contributed by atoms with Gasteiger partial charge in [-0.15, -0.1) is 11.3 Å². The van der Waals surface area contributed by atoms with E-state index in [0.717, 1.165) is 62.4 Å². The topological polar surface area (TPSA) is 53.5 Å². The maximum atomic E-state index is 5.47. The van der Waals surface area contributed by atoms with Gasteiger partial charge in [-0.05, 0) is 31.5 Å². The molecule has 0 saturated carbocycles. The molecular formula is C22H29N5OS. The Morgan fingerprint density at radius 3 is 2.66 bits per heavy atom. The standard InChI is InChI=1S/C22H29N5OS/c1-16-17(2)29-22-20(16)21(23-9-10-26(3)18-7-5-4-6-8-18)24-19(25-22)15-27-11-13-28-14-12-27/h4-8H,9-15H2,1-3H3,(H,23,24,25). The van der Waals surface area contributed by atoms with Crippen LogP contribution in [0, 0.1) is 13.8 Å². The number of aromatic nitrogens is 2. The Hall–Kier alpha value is -2.22. The lowest BCUT2D eigenvalue weighted by Crippen LogP contribution is -2.36. The molecule has 29 heavy (non-hydrogen) atoms. The molecule has 0 aliphatic carbocycles. The summed E-state index contributed by atoms with van der Waals surface area (Å²) < 4.78 is 5.47. The first kappa shape index (κ1) is 20.1. The number of fused-ring (bicyclic) bond motifs is 1. The van der Waals surface area contributed by atoms with Crippen LogP contribution in [0.25, 0.3) is 10.2 Å². The molecule has 0 amide bonds. The van der Waals surface area contributed by atoms with Crippen molar-refractivity contribution in [1.29, 1.82) is 0 Å². The van der Waals surface area contributed by atoms with E-state index in [9.17, 15) is 0 Å². The van der Waals surface area contributed by atoms with Crippen LogP contribution in [0.1, 0.15) is 16.3 Å². The predicted octanol–water partition coefficient (Wildman–Crippen LogP) is 3.69. The maximum Gasteiger partial charge on any atom is 0.146 e. The molecule has 0 atom stereocenters. The molecule has 6 nitrogen and oxygen atoms in total. The Morgan fingerprint density at radius 1 is 1.14 bits per heavy atom. The Bertz CT molecular complexity index is 953. The Morgan fingerprint density at radius 2 is 1.90 bits per heavy atom. The molecular weight excluding hydrogens is 382 g/mol. The van der Waals surface area contributed by atoms with Crippen LogP contribution in [0.2, 0.25) is 0 Å². The number of para-hydroxylation sites is 1. The first-order valence-electron chi connectivity index (χ1n) is 10.2. The summed E-state index contributed by atoms with van der Waals surface area (Å²) in [6.07, 6.45) is 0. The summed E-state index contributed by atoms with van der Waals surface area (Å²) in [5, 5.41) is 4.76. The molecule has 0 spiro atoms. The van der Waals surface area contributed by atoms with E-state index in [0.29, 0.717) is 0 Å². The predicted molar refractivity (Wildman–Crippen MR) is 121 cm³/mol. The lowest BCUT2D eigenvalue weighted by molar-refractivity contribution is 0.0331. The number of nitrogens with zero attached hydrogens (tertiary/aromatic N) is 4. The number of benzene rings is 1. The normalized spacial score (nSPS) is 15.0. The summed E-state index contributed by atoms with van der Waals surface area (Å²) in [6, 6.07) is 10.5. The number of aryl methyl sites for hydroxylation is 2. The zero-order valence-electron chi connectivity index (χ0n) is 17.4. The van der Waals surface area contributed by atoms with Crippen molar-refractivity contribution in [3.05, 3.63) is 46.6 Å². The second-order valence-corrected chi connectivity index (χ2v) is 8.73. The second-order valence-electron chi connectivity index (χ2n) is 7.52. The monoisotopic (exact) mass is 411 g/mol. The van der Waals surface area contributed by atoms with Gasteiger partial charge in [0.15, 0.2) is 0 Å². The third-order valence-electron chi connectivity index (χ3n) is 5.48. The van der Waals surface area contributed by atoms with Crippen molar-refractivity contribution in [2.45, 2.75) is 20.4 Å². The summed E-state index contributed by atoms with van der Waals surface area (Å²) in [5.74, 6) is 1.85. The highest BCUT2D eigenvalue weighted by Gasteiger charge is 2.17. The molecule has 1 N–H and O–H groups in total. The van der Waals surface area contributed by atoms with Crippen LogP contribution in [-0.2, 0) is 11.3 Å². The summed E-state index contributed by atoms with van der Waals surface area (Å²) >= 11 is 1.76. The quantitative estimate of drug-likeness (QED) is 0.640. The van der Waals surface area contributed by atoms with Gasteiger partial charge < -0.3 is 15.0 Å². The zero-order valence-corrected chi connectivity index (χ0v) is 18.3. The molecule has 3 aromatic rings. The van der Waals surface area contributed by atoms with E-state index in [1.807, 2.05) is 6.07 Å². The van der Waals surface area contributed by atoms with Crippen LogP contribution >= 0.6 is 11.3 Å². The minimum absolute atomic E-state index is 0.772. The Labute approximate surface area is 176 Å². The van der Waals surface area contributed by atoms with E-state index < -0.39 is 0 Å². The summed E-state index contributed by atoms with van der Waals surface area (Å²) in [5.41, 5.74) is 2.50. The molecule has 1 aliphatic heterocycles. The second kappa shape index (κ2) is 9.07. The van der Waals surface area contributed by atoms with Crippen molar-refractivity contribution < 1.29 is 4.74 Å². The number of anilines is 2. The molecule has 0 unspecified atom stereocenters. The first-order chi connectivity index (χ1) is 14.1. The minimum atomic E-state index is 0.772. The molecule has 4 rings (SSSR count). The van der Waals surface area contributed by atoms with Crippen molar-refractivity contribution in [3.8, 4) is 0 Å². The summed E-state index contributed by atoms with van der Waals surface area (Å²) in [4.78, 5) is 16.8. The Balaban J connectivity index is 1.51. The third-order valence-corrected chi connectivity index (χ3v) is 6.58. The van der Waals surface area contributed by atoms with Gasteiger partial charge in [-0.3, -0.25) is 4.90 Å². The van der Waals surface area contributed by atoms with E-state index in [1.54, 1.807) is 11.3 Å². The first-order valence-corrected chi connectivity index (χ1v) is 11.0. The van der Waals surface area contributed by atoms with Gasteiger partial charge in [-0.2, -0.15) is 0 Å². The van der Waals surface area contributed by atoms with E-state index in [2.05, 4.69) is 60.3 Å². The molecule has 0 radical (unpaired) electrons. The lowest BCUT2D eigenvalue weighted by Gasteiger charge is -2.26. The average molecular weight is 412 g/mol. The number of rotatable bonds is 7. The SMILES string of the molecule is Cc1sc2nc(CN3CCOCC3)nc(NCCN(C)c3ccccc3)c2c1C. The largest absolute Gasteiger partial charge is 0.379 e. The number of likely N-dealkylation sites (N-methyl/N-ethyl adjacent to an activating group) is 1. The van der Waals surface area contributed by atoms with Crippen molar-refractivity contribution in [2.75, 3.05) is 56.7 Å². The fraction of sp³-hybridized carbons (Fsp3) is 0.455. The van der Waals surface area contributed by atoms with Crippen LogP contribution in [0.3, 0.4) is 0 Å². The number of ether oxygens (including phenoxy) is 1. The summed E-state index contributed by atoms with van der Waals surface area (Å²) in [6.45, 7) is 10.3. The van der Waals surface area contributed by atoms with Gasteiger partial charge in [-0.25, -0.2) is 9.97 Å². The lowest BCUT2D eigenvalue weighted by atomic mass is 10.2. The van der Waals surface area contributed by atoms with E-state index in [-0.39, 0.29) is 0 Å². The molecule has 7 heteroatoms. The van der Waals surface area contributed by atoms with Gasteiger partial charge in [0.05, 0.1) is 25.1 Å². The number of thiophene rings is 1. The van der Waals surface area contributed by atoms with E-state index in [1.165, 1.54) is 21.5 Å². The van der Waals surface area contributed by atoms with Crippen LogP contribution in [-0.4, -0.2) is 61.3 Å². The van der Waals surface area contributed by atoms with Gasteiger partial charge in [0, 0.05) is 43.8 Å². The van der Waals surface area contributed by atoms with Crippen LogP contribution in [0.15, 0.2) is 30.3 Å². The van der Waals surface area contributed by atoms with Crippen molar-refractivity contribution in [1.82, 2.24) is 14.9 Å². The molecule has 1 fully saturated rings. The molecule has 154 valence electrons. The number of morpholine rings is 1. The fourth-order valence-corrected chi connectivity index (χ4v) is 4.65. The van der Waals surface area contributed by atoms with Crippen molar-refractivity contribution in [3.63, 3.8) is 0 Å². The number of hydrogen-bond donors (Lipinski definition) is 1. The number of hydrogen-bond acceptors (Lipinski definition) is 7. The smallest absolute Gasteiger partial charge is 0.146 e. The zero-order chi connectivity index (χ0) is 20.2. The minimum Gasteiger partial charge on any atom is -0.379 e. The summed E-state index contributed by atoms with van der Waals surface area (Å²) in [7, 11) is 2.12. The van der Waals surface area contributed by atoms with E-state index >= 15 is 0 Å². The van der Waals surface area contributed by atoms with Crippen LogP contribution < -0.4 is 10.2 Å². The average Bonchev–Trinajstić information content (AvgIpc) is 3.03. The molecule has 1 aliphatic rings. The van der Waals surface area contributed by atoms with Gasteiger partial charge in [0.1, 0.15) is 16.5 Å². The highest BCUT2D eigenvalue weighted by molar-refractivity contribution is 7.18. The van der Waals surface area contributed by atoms with Gasteiger partial charge >= 0.3 is 0 Å². The maximum absolute atomic E-state index is 5.47. The van der Waals surface area contributed by atoms with Crippen LogP contribution in [0.4, 0.5) is 11.5 Å². The molecule has 3 heterocycles. The number of nitrogens with one attached hydrogen (secondary N) is 1. The highest BCUT2D eigenvalue weighted by Crippen LogP contribution is 2.33. The van der Waals surface area contributed by atoms with E-state index in [4.69, 9.17) is 14.7 Å². The fourth-order valence-electron chi connectivity index (χ4n) is 3.61. The molecule has 1 saturated heterocycles. The Kier molecular flexibility index (Phi) is 6.28. The molecule has 1 aromatic carbocycles. The van der Waals surface area contributed by atoms with Gasteiger partial charge in [0.2, 0.25) is 0 Å². The van der Waals surface area contributed by atoms with Crippen LogP contribution in [0.5, 0.6) is 0 Å². The molecule has 0 bridgehead atoms. The van der Waals surface area contributed by atoms with Gasteiger partial charge in [-0.1, -0.05) is 18.2 Å². The molecule has 2 aromatic heterocycles. The highest BCUT2D eigenvalue weighted by atomic mass is 32.1. The van der Waals surface area contributed by atoms with Gasteiger partial charge in [0.25, 0.3) is 0 Å².